The number of aromatic amines is 1. The minimum absolute atomic E-state index is 0.136. The van der Waals surface area contributed by atoms with Gasteiger partial charge in [0.1, 0.15) is 4.70 Å². The van der Waals surface area contributed by atoms with Crippen LogP contribution in [0.4, 0.5) is 0 Å². The van der Waals surface area contributed by atoms with E-state index in [1.165, 1.54) is 17.7 Å². The van der Waals surface area contributed by atoms with Crippen LogP contribution in [0.5, 0.6) is 0 Å². The molecule has 90 valence electrons. The predicted molar refractivity (Wildman–Crippen MR) is 74.6 cm³/mol. The van der Waals surface area contributed by atoms with Crippen LogP contribution in [0, 0.1) is 3.95 Å². The first kappa shape index (κ1) is 11.3. The van der Waals surface area contributed by atoms with Gasteiger partial charge in [-0.2, -0.15) is 0 Å². The molecular formula is C12H9N3OS2. The number of thiazole rings is 1. The fourth-order valence-corrected chi connectivity index (χ4v) is 3.04. The lowest BCUT2D eigenvalue weighted by Crippen LogP contribution is -2.07. The van der Waals surface area contributed by atoms with Crippen LogP contribution in [0.2, 0.25) is 0 Å². The minimum Gasteiger partial charge on any atom is -0.312 e. The first-order valence-corrected chi connectivity index (χ1v) is 6.59. The minimum atomic E-state index is -0.136. The van der Waals surface area contributed by atoms with Crippen LogP contribution in [0.25, 0.3) is 10.3 Å². The van der Waals surface area contributed by atoms with Crippen LogP contribution < -0.4 is 5.56 Å². The molecule has 3 aromatic rings. The second kappa shape index (κ2) is 4.47. The summed E-state index contributed by atoms with van der Waals surface area (Å²) in [4.78, 5) is 18.4. The average molecular weight is 275 g/mol. The quantitative estimate of drug-likeness (QED) is 0.731. The van der Waals surface area contributed by atoms with Gasteiger partial charge in [0.25, 0.3) is 5.56 Å². The summed E-state index contributed by atoms with van der Waals surface area (Å²) in [6.45, 7) is 0.635. The molecule has 2 aromatic heterocycles. The third-order valence-corrected chi connectivity index (χ3v) is 4.08. The monoisotopic (exact) mass is 275 g/mol. The van der Waals surface area contributed by atoms with Gasteiger partial charge in [-0.3, -0.25) is 4.79 Å². The van der Waals surface area contributed by atoms with Crippen molar-refractivity contribution in [3.63, 3.8) is 0 Å². The van der Waals surface area contributed by atoms with Crippen molar-refractivity contribution in [2.24, 2.45) is 0 Å². The molecule has 1 aromatic carbocycles. The van der Waals surface area contributed by atoms with Crippen LogP contribution in [0.1, 0.15) is 5.56 Å². The van der Waals surface area contributed by atoms with E-state index in [4.69, 9.17) is 12.2 Å². The molecule has 1 N–H and O–H groups in total. The van der Waals surface area contributed by atoms with Crippen LogP contribution in [0.3, 0.4) is 0 Å². The molecule has 0 fully saturated rings. The number of H-pyrrole nitrogens is 1. The molecule has 0 unspecified atom stereocenters. The Kier molecular flexibility index (Phi) is 2.81. The number of hydrogen-bond acceptors (Lipinski definition) is 4. The van der Waals surface area contributed by atoms with Crippen LogP contribution in [0.15, 0.2) is 41.5 Å². The Morgan fingerprint density at radius 2 is 2.11 bits per heavy atom. The fraction of sp³-hybridized carbons (Fsp3) is 0.0833. The van der Waals surface area contributed by atoms with Crippen molar-refractivity contribution in [2.75, 3.05) is 0 Å². The van der Waals surface area contributed by atoms with E-state index in [9.17, 15) is 4.79 Å². The Hall–Kier alpha value is -1.79. The summed E-state index contributed by atoms with van der Waals surface area (Å²) in [5.41, 5.74) is 1.65. The summed E-state index contributed by atoms with van der Waals surface area (Å²) < 4.78 is 3.14. The van der Waals surface area contributed by atoms with Crippen molar-refractivity contribution in [1.29, 1.82) is 0 Å². The number of aromatic nitrogens is 3. The zero-order valence-corrected chi connectivity index (χ0v) is 10.9. The van der Waals surface area contributed by atoms with Gasteiger partial charge in [0, 0.05) is 0 Å². The van der Waals surface area contributed by atoms with E-state index in [1.807, 2.05) is 34.9 Å². The zero-order valence-electron chi connectivity index (χ0n) is 9.29. The van der Waals surface area contributed by atoms with Gasteiger partial charge in [-0.1, -0.05) is 41.7 Å². The third kappa shape index (κ3) is 1.89. The molecule has 0 spiro atoms. The first-order chi connectivity index (χ1) is 8.75. The molecule has 3 rings (SSSR count). The first-order valence-electron chi connectivity index (χ1n) is 5.36. The van der Waals surface area contributed by atoms with Crippen molar-refractivity contribution >= 4 is 33.9 Å². The van der Waals surface area contributed by atoms with Crippen molar-refractivity contribution in [2.45, 2.75) is 6.54 Å². The van der Waals surface area contributed by atoms with E-state index in [2.05, 4.69) is 9.97 Å². The fourth-order valence-electron chi connectivity index (χ4n) is 1.80. The average Bonchev–Trinajstić information content (AvgIpc) is 2.70. The van der Waals surface area contributed by atoms with E-state index >= 15 is 0 Å². The molecule has 0 radical (unpaired) electrons. The molecule has 0 bridgehead atoms. The number of fused-ring (bicyclic) bond motifs is 1. The summed E-state index contributed by atoms with van der Waals surface area (Å²) >= 11 is 6.60. The Balaban J connectivity index is 2.18. The topological polar surface area (TPSA) is 50.7 Å². The molecule has 0 aliphatic rings. The third-order valence-electron chi connectivity index (χ3n) is 2.64. The number of nitrogens with zero attached hydrogens (tertiary/aromatic N) is 2. The second-order valence-corrected chi connectivity index (χ2v) is 5.47. The van der Waals surface area contributed by atoms with Gasteiger partial charge in [-0.05, 0) is 17.8 Å². The lowest BCUT2D eigenvalue weighted by atomic mass is 10.2. The maximum Gasteiger partial charge on any atom is 0.270 e. The van der Waals surface area contributed by atoms with E-state index in [-0.39, 0.29) is 5.56 Å². The van der Waals surface area contributed by atoms with E-state index < -0.39 is 0 Å². The normalized spacial score (nSPS) is 10.9. The molecular weight excluding hydrogens is 266 g/mol. The number of nitrogens with one attached hydrogen (secondary N) is 1. The molecule has 18 heavy (non-hydrogen) atoms. The zero-order chi connectivity index (χ0) is 12.5. The molecule has 0 aliphatic heterocycles. The van der Waals surface area contributed by atoms with Gasteiger partial charge >= 0.3 is 0 Å². The maximum absolute atomic E-state index is 11.7. The Bertz CT molecular complexity index is 801. The number of rotatable bonds is 2. The number of benzene rings is 1. The molecule has 0 saturated carbocycles. The second-order valence-electron chi connectivity index (χ2n) is 3.82. The highest BCUT2D eigenvalue weighted by Crippen LogP contribution is 2.18. The molecule has 4 nitrogen and oxygen atoms in total. The van der Waals surface area contributed by atoms with E-state index in [0.29, 0.717) is 20.8 Å². The lowest BCUT2D eigenvalue weighted by molar-refractivity contribution is 0.818. The maximum atomic E-state index is 11.7. The van der Waals surface area contributed by atoms with Gasteiger partial charge in [0.15, 0.2) is 9.60 Å². The molecule has 0 saturated heterocycles. The predicted octanol–water partition coefficient (Wildman–Crippen LogP) is 2.56. The summed E-state index contributed by atoms with van der Waals surface area (Å²) in [5, 5.41) is 0. The molecule has 0 aliphatic carbocycles. The Morgan fingerprint density at radius 1 is 1.33 bits per heavy atom. The number of hydrogen-bond donors (Lipinski definition) is 1. The Labute approximate surface area is 112 Å². The van der Waals surface area contributed by atoms with Gasteiger partial charge in [0.2, 0.25) is 0 Å². The van der Waals surface area contributed by atoms with Crippen LogP contribution in [-0.2, 0) is 6.54 Å². The van der Waals surface area contributed by atoms with Crippen molar-refractivity contribution in [3.8, 4) is 0 Å². The molecule has 2 heterocycles. The highest BCUT2D eigenvalue weighted by Gasteiger charge is 2.09. The van der Waals surface area contributed by atoms with Crippen molar-refractivity contribution in [3.05, 3.63) is 56.5 Å². The highest BCUT2D eigenvalue weighted by molar-refractivity contribution is 7.73. The smallest absolute Gasteiger partial charge is 0.270 e. The van der Waals surface area contributed by atoms with Gasteiger partial charge in [-0.25, -0.2) is 4.98 Å². The van der Waals surface area contributed by atoms with Gasteiger partial charge in [0.05, 0.1) is 12.9 Å². The van der Waals surface area contributed by atoms with E-state index in [1.54, 1.807) is 0 Å². The van der Waals surface area contributed by atoms with E-state index in [0.717, 1.165) is 5.56 Å². The van der Waals surface area contributed by atoms with Crippen LogP contribution >= 0.6 is 23.6 Å². The highest BCUT2D eigenvalue weighted by atomic mass is 32.1. The summed E-state index contributed by atoms with van der Waals surface area (Å²) in [6.07, 6.45) is 1.41. The van der Waals surface area contributed by atoms with Crippen molar-refractivity contribution < 1.29 is 0 Å². The lowest BCUT2D eigenvalue weighted by Gasteiger charge is -2.03. The molecule has 0 atom stereocenters. The van der Waals surface area contributed by atoms with Crippen molar-refractivity contribution in [1.82, 2.24) is 14.5 Å². The Morgan fingerprint density at radius 3 is 2.89 bits per heavy atom. The summed E-state index contributed by atoms with van der Waals surface area (Å²) in [6, 6.07) is 9.98. The van der Waals surface area contributed by atoms with Gasteiger partial charge < -0.3 is 9.55 Å². The molecule has 6 heteroatoms. The van der Waals surface area contributed by atoms with Crippen LogP contribution in [-0.4, -0.2) is 14.5 Å². The van der Waals surface area contributed by atoms with Gasteiger partial charge in [-0.15, -0.1) is 0 Å². The largest absolute Gasteiger partial charge is 0.312 e. The summed E-state index contributed by atoms with van der Waals surface area (Å²) in [7, 11) is 0. The standard InChI is InChI=1S/C12H9N3OS2/c16-11-9-10(13-7-14-11)15(12(17)18-9)6-8-4-2-1-3-5-8/h1-5,7H,6H2,(H,13,14,16). The molecule has 0 amide bonds. The SMILES string of the molecule is O=c1[nH]cnc2c1sc(=S)n2Cc1ccccc1. The summed E-state index contributed by atoms with van der Waals surface area (Å²) in [5.74, 6) is 0.